The van der Waals surface area contributed by atoms with E-state index < -0.39 is 0 Å². The molecule has 3 rings (SSSR count). The molecule has 148 valence electrons. The highest BCUT2D eigenvalue weighted by molar-refractivity contribution is 6.02. The number of hydrogen-bond acceptors (Lipinski definition) is 3. The average molecular weight is 380 g/mol. The van der Waals surface area contributed by atoms with Gasteiger partial charge < -0.3 is 20.9 Å². The number of nitrogens with one attached hydrogen (secondary N) is 3. The van der Waals surface area contributed by atoms with Crippen LogP contribution in [0, 0.1) is 0 Å². The third-order valence-corrected chi connectivity index (χ3v) is 4.83. The van der Waals surface area contributed by atoms with Crippen molar-refractivity contribution in [2.24, 2.45) is 0 Å². The number of carbonyl (C=O) groups is 2. The molecule has 0 atom stereocenters. The summed E-state index contributed by atoms with van der Waals surface area (Å²) in [6, 6.07) is 15.4. The first-order valence-corrected chi connectivity index (χ1v) is 9.93. The fourth-order valence-corrected chi connectivity index (χ4v) is 3.43. The molecule has 1 aliphatic heterocycles. The minimum Gasteiger partial charge on any atom is -0.371 e. The van der Waals surface area contributed by atoms with Crippen LogP contribution < -0.4 is 20.9 Å². The first kappa shape index (κ1) is 19.7. The third-order valence-electron chi connectivity index (χ3n) is 4.83. The van der Waals surface area contributed by atoms with Crippen molar-refractivity contribution < 1.29 is 9.59 Å². The zero-order chi connectivity index (χ0) is 19.8. The highest BCUT2D eigenvalue weighted by atomic mass is 16.2. The first-order chi connectivity index (χ1) is 13.7. The summed E-state index contributed by atoms with van der Waals surface area (Å²) in [5.41, 5.74) is 3.33. The van der Waals surface area contributed by atoms with Crippen molar-refractivity contribution in [3.63, 3.8) is 0 Å². The molecule has 2 aromatic carbocycles. The zero-order valence-electron chi connectivity index (χ0n) is 16.3. The maximum atomic E-state index is 12.9. The number of nitrogens with zero attached hydrogens (tertiary/aromatic N) is 1. The molecule has 3 amide bonds. The van der Waals surface area contributed by atoms with E-state index in [9.17, 15) is 9.59 Å². The number of carbonyl (C=O) groups excluding carboxylic acids is 2. The Kier molecular flexibility index (Phi) is 6.89. The summed E-state index contributed by atoms with van der Waals surface area (Å²) >= 11 is 0. The van der Waals surface area contributed by atoms with E-state index in [2.05, 4.69) is 33.0 Å². The summed E-state index contributed by atoms with van der Waals surface area (Å²) in [7, 11) is 0. The number of rotatable bonds is 7. The number of benzene rings is 2. The summed E-state index contributed by atoms with van der Waals surface area (Å²) in [5.74, 6) is -0.114. The third kappa shape index (κ3) is 5.25. The SMILES string of the molecule is CCNC(=O)Nc1ccc(N2CCCC2)c(C(=O)NCCc2ccccc2)c1. The van der Waals surface area contributed by atoms with Crippen molar-refractivity contribution in [1.82, 2.24) is 10.6 Å². The normalized spacial score (nSPS) is 13.2. The quantitative estimate of drug-likeness (QED) is 0.689. The molecule has 0 aliphatic carbocycles. The van der Waals surface area contributed by atoms with Crippen molar-refractivity contribution in [3.05, 3.63) is 59.7 Å². The van der Waals surface area contributed by atoms with Gasteiger partial charge in [0.1, 0.15) is 0 Å². The zero-order valence-corrected chi connectivity index (χ0v) is 16.3. The second kappa shape index (κ2) is 9.78. The van der Waals surface area contributed by atoms with Crippen LogP contribution in [-0.2, 0) is 6.42 Å². The molecule has 6 nitrogen and oxygen atoms in total. The molecule has 28 heavy (non-hydrogen) atoms. The van der Waals surface area contributed by atoms with E-state index in [0.29, 0.717) is 24.3 Å². The number of hydrogen-bond donors (Lipinski definition) is 3. The molecule has 0 bridgehead atoms. The minimum atomic E-state index is -0.271. The molecule has 1 saturated heterocycles. The van der Waals surface area contributed by atoms with Crippen LogP contribution in [0.1, 0.15) is 35.7 Å². The summed E-state index contributed by atoms with van der Waals surface area (Å²) in [5, 5.41) is 8.52. The molecule has 0 radical (unpaired) electrons. The van der Waals surface area contributed by atoms with Gasteiger partial charge in [-0.15, -0.1) is 0 Å². The van der Waals surface area contributed by atoms with Crippen molar-refractivity contribution in [3.8, 4) is 0 Å². The lowest BCUT2D eigenvalue weighted by Gasteiger charge is -2.22. The van der Waals surface area contributed by atoms with Gasteiger partial charge in [0.25, 0.3) is 5.91 Å². The van der Waals surface area contributed by atoms with E-state index in [0.717, 1.165) is 38.0 Å². The molecule has 6 heteroatoms. The average Bonchev–Trinajstić information content (AvgIpc) is 3.23. The minimum absolute atomic E-state index is 0.114. The Hall–Kier alpha value is -3.02. The van der Waals surface area contributed by atoms with Gasteiger partial charge in [-0.2, -0.15) is 0 Å². The van der Waals surface area contributed by atoms with E-state index in [-0.39, 0.29) is 11.9 Å². The van der Waals surface area contributed by atoms with Gasteiger partial charge in [0.15, 0.2) is 0 Å². The molecule has 1 fully saturated rings. The standard InChI is InChI=1S/C22H28N4O2/c1-2-23-22(28)25-18-10-11-20(26-14-6-7-15-26)19(16-18)21(27)24-13-12-17-8-4-3-5-9-17/h3-5,8-11,16H,2,6-7,12-15H2,1H3,(H,24,27)(H2,23,25,28). The van der Waals surface area contributed by atoms with Crippen LogP contribution >= 0.6 is 0 Å². The van der Waals surface area contributed by atoms with Crippen molar-refractivity contribution in [2.45, 2.75) is 26.2 Å². The maximum absolute atomic E-state index is 12.9. The fraction of sp³-hybridized carbons (Fsp3) is 0.364. The molecule has 3 N–H and O–H groups in total. The monoisotopic (exact) mass is 380 g/mol. The van der Waals surface area contributed by atoms with Crippen molar-refractivity contribution in [1.29, 1.82) is 0 Å². The molecule has 2 aromatic rings. The molecular weight excluding hydrogens is 352 g/mol. The second-order valence-electron chi connectivity index (χ2n) is 6.90. The van der Waals surface area contributed by atoms with Crippen LogP contribution in [-0.4, -0.2) is 38.1 Å². The van der Waals surface area contributed by atoms with Gasteiger partial charge in [0, 0.05) is 37.6 Å². The van der Waals surface area contributed by atoms with Crippen molar-refractivity contribution in [2.75, 3.05) is 36.4 Å². The van der Waals surface area contributed by atoms with Crippen LogP contribution in [0.2, 0.25) is 0 Å². The van der Waals surface area contributed by atoms with E-state index in [1.807, 2.05) is 37.3 Å². The van der Waals surface area contributed by atoms with E-state index in [4.69, 9.17) is 0 Å². The van der Waals surface area contributed by atoms with Gasteiger partial charge >= 0.3 is 6.03 Å². The Bertz CT molecular complexity index is 801. The molecule has 0 spiro atoms. The molecule has 1 heterocycles. The summed E-state index contributed by atoms with van der Waals surface area (Å²) in [6.07, 6.45) is 3.05. The van der Waals surface area contributed by atoms with Gasteiger partial charge in [0.2, 0.25) is 0 Å². The number of anilines is 2. The van der Waals surface area contributed by atoms with Gasteiger partial charge in [-0.1, -0.05) is 30.3 Å². The van der Waals surface area contributed by atoms with Gasteiger partial charge in [-0.25, -0.2) is 4.79 Å². The van der Waals surface area contributed by atoms with Gasteiger partial charge in [-0.05, 0) is 49.9 Å². The number of amides is 3. The highest BCUT2D eigenvalue weighted by Crippen LogP contribution is 2.27. The lowest BCUT2D eigenvalue weighted by Crippen LogP contribution is -2.30. The van der Waals surface area contributed by atoms with Crippen LogP contribution in [0.25, 0.3) is 0 Å². The van der Waals surface area contributed by atoms with Crippen LogP contribution in [0.5, 0.6) is 0 Å². The lowest BCUT2D eigenvalue weighted by molar-refractivity contribution is 0.0954. The van der Waals surface area contributed by atoms with Crippen LogP contribution in [0.15, 0.2) is 48.5 Å². The number of urea groups is 1. The van der Waals surface area contributed by atoms with Crippen molar-refractivity contribution >= 4 is 23.3 Å². The Morgan fingerprint density at radius 3 is 2.46 bits per heavy atom. The predicted molar refractivity (Wildman–Crippen MR) is 113 cm³/mol. The predicted octanol–water partition coefficient (Wildman–Crippen LogP) is 3.40. The Balaban J connectivity index is 1.72. The molecule has 0 saturated carbocycles. The largest absolute Gasteiger partial charge is 0.371 e. The Morgan fingerprint density at radius 1 is 1.00 bits per heavy atom. The summed E-state index contributed by atoms with van der Waals surface area (Å²) in [6.45, 7) is 4.88. The Morgan fingerprint density at radius 2 is 1.75 bits per heavy atom. The van der Waals surface area contributed by atoms with Gasteiger partial charge in [0.05, 0.1) is 5.56 Å². The molecule has 0 unspecified atom stereocenters. The maximum Gasteiger partial charge on any atom is 0.319 e. The van der Waals surface area contributed by atoms with E-state index >= 15 is 0 Å². The molecule has 0 aromatic heterocycles. The summed E-state index contributed by atoms with van der Waals surface area (Å²) in [4.78, 5) is 27.0. The second-order valence-corrected chi connectivity index (χ2v) is 6.90. The van der Waals surface area contributed by atoms with E-state index in [1.165, 1.54) is 5.56 Å². The molecular formula is C22H28N4O2. The Labute approximate surface area is 166 Å². The van der Waals surface area contributed by atoms with Gasteiger partial charge in [-0.3, -0.25) is 4.79 Å². The smallest absolute Gasteiger partial charge is 0.319 e. The lowest BCUT2D eigenvalue weighted by atomic mass is 10.1. The molecule has 1 aliphatic rings. The summed E-state index contributed by atoms with van der Waals surface area (Å²) < 4.78 is 0. The topological polar surface area (TPSA) is 73.5 Å². The highest BCUT2D eigenvalue weighted by Gasteiger charge is 2.20. The fourth-order valence-electron chi connectivity index (χ4n) is 3.43. The van der Waals surface area contributed by atoms with Crippen LogP contribution in [0.4, 0.5) is 16.2 Å². The van der Waals surface area contributed by atoms with E-state index in [1.54, 1.807) is 6.07 Å². The first-order valence-electron chi connectivity index (χ1n) is 9.93. The van der Waals surface area contributed by atoms with Crippen LogP contribution in [0.3, 0.4) is 0 Å².